The number of carboxylic acids is 1. The number of aliphatic hydroxyl groups excluding tert-OH is 1. The number of anilines is 1. The second kappa shape index (κ2) is 8.50. The molecule has 0 unspecified atom stereocenters. The van der Waals surface area contributed by atoms with E-state index in [1.165, 1.54) is 0 Å². The van der Waals surface area contributed by atoms with E-state index in [1.54, 1.807) is 24.3 Å². The fourth-order valence-electron chi connectivity index (χ4n) is 2.18. The molecule has 7 nitrogen and oxygen atoms in total. The van der Waals surface area contributed by atoms with Crippen LogP contribution in [-0.4, -0.2) is 40.3 Å². The van der Waals surface area contributed by atoms with Crippen molar-refractivity contribution >= 4 is 17.6 Å². The summed E-state index contributed by atoms with van der Waals surface area (Å²) in [6, 6.07) is 5.06. The third-order valence-electron chi connectivity index (χ3n) is 3.45. The standard InChI is InChI=1S/C16H25N3O4/c1-9(2)7-13(16(22)23)19-15(21)14(20)12(18)8-10-3-5-11(17)6-4-10/h3-6,9,12-14,20H,7-8,17-18H2,1-2H3,(H,19,21)(H,22,23)/t12-,13+,14+/m1/s1. The van der Waals surface area contributed by atoms with E-state index >= 15 is 0 Å². The van der Waals surface area contributed by atoms with E-state index in [9.17, 15) is 14.7 Å². The fourth-order valence-corrected chi connectivity index (χ4v) is 2.18. The second-order valence-corrected chi connectivity index (χ2v) is 6.08. The molecule has 1 aromatic rings. The van der Waals surface area contributed by atoms with Gasteiger partial charge < -0.3 is 27.0 Å². The topological polar surface area (TPSA) is 139 Å². The van der Waals surface area contributed by atoms with Crippen molar-refractivity contribution in [3.63, 3.8) is 0 Å². The highest BCUT2D eigenvalue weighted by Gasteiger charge is 2.28. The smallest absolute Gasteiger partial charge is 0.326 e. The Morgan fingerprint density at radius 2 is 1.78 bits per heavy atom. The molecule has 0 saturated heterocycles. The number of hydrogen-bond acceptors (Lipinski definition) is 5. The molecule has 128 valence electrons. The maximum absolute atomic E-state index is 12.0. The summed E-state index contributed by atoms with van der Waals surface area (Å²) in [6.45, 7) is 3.71. The molecule has 1 aromatic carbocycles. The highest BCUT2D eigenvalue weighted by atomic mass is 16.4. The van der Waals surface area contributed by atoms with Gasteiger partial charge in [-0.05, 0) is 36.5 Å². The average Bonchev–Trinajstić information content (AvgIpc) is 2.47. The molecule has 0 aliphatic rings. The van der Waals surface area contributed by atoms with Crippen molar-refractivity contribution in [3.8, 4) is 0 Å². The first-order valence-corrected chi connectivity index (χ1v) is 7.52. The summed E-state index contributed by atoms with van der Waals surface area (Å²) in [4.78, 5) is 23.1. The molecular formula is C16H25N3O4. The number of amides is 1. The second-order valence-electron chi connectivity index (χ2n) is 6.08. The first-order chi connectivity index (χ1) is 10.7. The number of nitrogens with one attached hydrogen (secondary N) is 1. The third kappa shape index (κ3) is 6.25. The number of aliphatic carboxylic acids is 1. The summed E-state index contributed by atoms with van der Waals surface area (Å²) < 4.78 is 0. The van der Waals surface area contributed by atoms with Gasteiger partial charge in [0, 0.05) is 11.7 Å². The predicted octanol–water partition coefficient (Wildman–Crippen LogP) is 0.115. The first kappa shape index (κ1) is 18.9. The monoisotopic (exact) mass is 323 g/mol. The van der Waals surface area contributed by atoms with Crippen LogP contribution < -0.4 is 16.8 Å². The maximum atomic E-state index is 12.0. The summed E-state index contributed by atoms with van der Waals surface area (Å²) in [5.41, 5.74) is 12.9. The van der Waals surface area contributed by atoms with E-state index in [0.717, 1.165) is 5.56 Å². The van der Waals surface area contributed by atoms with E-state index in [1.807, 2.05) is 13.8 Å². The van der Waals surface area contributed by atoms with E-state index in [0.29, 0.717) is 5.69 Å². The lowest BCUT2D eigenvalue weighted by molar-refractivity contribution is -0.144. The minimum Gasteiger partial charge on any atom is -0.480 e. The van der Waals surface area contributed by atoms with Gasteiger partial charge in [0.15, 0.2) is 0 Å². The van der Waals surface area contributed by atoms with Crippen LogP contribution in [0.3, 0.4) is 0 Å². The predicted molar refractivity (Wildman–Crippen MR) is 87.6 cm³/mol. The number of rotatable bonds is 8. The summed E-state index contributed by atoms with van der Waals surface area (Å²) in [5.74, 6) is -1.82. The van der Waals surface area contributed by atoms with E-state index in [-0.39, 0.29) is 18.8 Å². The molecule has 0 radical (unpaired) electrons. The van der Waals surface area contributed by atoms with Crippen molar-refractivity contribution in [1.29, 1.82) is 0 Å². The van der Waals surface area contributed by atoms with Crippen LogP contribution in [0.2, 0.25) is 0 Å². The molecule has 0 aliphatic heterocycles. The van der Waals surface area contributed by atoms with Crippen LogP contribution in [0, 0.1) is 5.92 Å². The molecule has 1 rings (SSSR count). The lowest BCUT2D eigenvalue weighted by Gasteiger charge is -2.22. The molecule has 0 bridgehead atoms. The molecule has 0 heterocycles. The van der Waals surface area contributed by atoms with Crippen molar-refractivity contribution in [3.05, 3.63) is 29.8 Å². The minimum atomic E-state index is -1.48. The van der Waals surface area contributed by atoms with Crippen LogP contribution in [0.15, 0.2) is 24.3 Å². The number of nitrogen functional groups attached to an aromatic ring is 1. The molecule has 0 fully saturated rings. The largest absolute Gasteiger partial charge is 0.480 e. The molecule has 23 heavy (non-hydrogen) atoms. The number of nitrogens with two attached hydrogens (primary N) is 2. The zero-order valence-electron chi connectivity index (χ0n) is 13.4. The maximum Gasteiger partial charge on any atom is 0.326 e. The highest BCUT2D eigenvalue weighted by Crippen LogP contribution is 2.10. The van der Waals surface area contributed by atoms with Crippen LogP contribution in [0.25, 0.3) is 0 Å². The average molecular weight is 323 g/mol. The number of carbonyl (C=O) groups excluding carboxylic acids is 1. The molecular weight excluding hydrogens is 298 g/mol. The SMILES string of the molecule is CC(C)C[C@H](NC(=O)[C@@H](O)[C@H](N)Cc1ccc(N)cc1)C(=O)O. The number of benzene rings is 1. The Bertz CT molecular complexity index is 531. The minimum absolute atomic E-state index is 0.0944. The molecule has 7 heteroatoms. The van der Waals surface area contributed by atoms with Crippen molar-refractivity contribution < 1.29 is 19.8 Å². The fraction of sp³-hybridized carbons (Fsp3) is 0.500. The molecule has 0 aromatic heterocycles. The van der Waals surface area contributed by atoms with Gasteiger partial charge in [0.25, 0.3) is 5.91 Å². The van der Waals surface area contributed by atoms with Crippen molar-refractivity contribution in [1.82, 2.24) is 5.32 Å². The van der Waals surface area contributed by atoms with Gasteiger partial charge in [0.05, 0.1) is 0 Å². The quantitative estimate of drug-likeness (QED) is 0.430. The van der Waals surface area contributed by atoms with Gasteiger partial charge in [-0.3, -0.25) is 4.79 Å². The molecule has 7 N–H and O–H groups in total. The Balaban J connectivity index is 2.63. The van der Waals surface area contributed by atoms with Crippen molar-refractivity contribution in [2.75, 3.05) is 5.73 Å². The van der Waals surface area contributed by atoms with Crippen molar-refractivity contribution in [2.24, 2.45) is 11.7 Å². The molecule has 0 spiro atoms. The molecule has 0 aliphatic carbocycles. The third-order valence-corrected chi connectivity index (χ3v) is 3.45. The van der Waals surface area contributed by atoms with Gasteiger partial charge in [-0.15, -0.1) is 0 Å². The van der Waals surface area contributed by atoms with Crippen LogP contribution in [0.4, 0.5) is 5.69 Å². The molecule has 0 saturated carbocycles. The first-order valence-electron chi connectivity index (χ1n) is 7.52. The van der Waals surface area contributed by atoms with Crippen molar-refractivity contribution in [2.45, 2.75) is 44.9 Å². The Labute approximate surface area is 135 Å². The number of aliphatic hydroxyl groups is 1. The lowest BCUT2D eigenvalue weighted by Crippen LogP contribution is -2.52. The number of carboxylic acid groups (broad SMARTS) is 1. The number of carbonyl (C=O) groups is 2. The van der Waals surface area contributed by atoms with Gasteiger partial charge in [-0.2, -0.15) is 0 Å². The van der Waals surface area contributed by atoms with E-state index in [2.05, 4.69) is 5.32 Å². The van der Waals surface area contributed by atoms with Gasteiger partial charge >= 0.3 is 5.97 Å². The zero-order chi connectivity index (χ0) is 17.6. The Kier molecular flexibility index (Phi) is 6.99. The summed E-state index contributed by atoms with van der Waals surface area (Å²) in [7, 11) is 0. The highest BCUT2D eigenvalue weighted by molar-refractivity contribution is 5.86. The zero-order valence-corrected chi connectivity index (χ0v) is 13.4. The van der Waals surface area contributed by atoms with Gasteiger partial charge in [0.1, 0.15) is 12.1 Å². The van der Waals surface area contributed by atoms with Gasteiger partial charge in [-0.25, -0.2) is 4.79 Å². The summed E-state index contributed by atoms with van der Waals surface area (Å²) in [5, 5.41) is 21.5. The Morgan fingerprint density at radius 3 is 2.26 bits per heavy atom. The van der Waals surface area contributed by atoms with Crippen LogP contribution in [0.1, 0.15) is 25.8 Å². The Morgan fingerprint density at radius 1 is 1.22 bits per heavy atom. The van der Waals surface area contributed by atoms with Crippen LogP contribution in [-0.2, 0) is 16.0 Å². The summed E-state index contributed by atoms with van der Waals surface area (Å²) >= 11 is 0. The molecule has 1 amide bonds. The molecule has 3 atom stereocenters. The van der Waals surface area contributed by atoms with E-state index < -0.39 is 30.1 Å². The van der Waals surface area contributed by atoms with Gasteiger partial charge in [-0.1, -0.05) is 26.0 Å². The Hall–Kier alpha value is -2.12. The summed E-state index contributed by atoms with van der Waals surface area (Å²) in [6.07, 6.45) is -0.931. The van der Waals surface area contributed by atoms with Gasteiger partial charge in [0.2, 0.25) is 0 Å². The lowest BCUT2D eigenvalue weighted by atomic mass is 10.00. The normalized spacial score (nSPS) is 15.0. The van der Waals surface area contributed by atoms with Crippen LogP contribution >= 0.6 is 0 Å². The van der Waals surface area contributed by atoms with E-state index in [4.69, 9.17) is 16.6 Å². The van der Waals surface area contributed by atoms with Crippen LogP contribution in [0.5, 0.6) is 0 Å². The number of hydrogen-bond donors (Lipinski definition) is 5.